The number of rotatable bonds is 8. The number of amides is 1. The minimum atomic E-state index is -0.634. The van der Waals surface area contributed by atoms with Gasteiger partial charge in [-0.2, -0.15) is 0 Å². The average Bonchev–Trinajstić information content (AvgIpc) is 2.97. The number of aryl methyl sites for hydroxylation is 2. The van der Waals surface area contributed by atoms with Gasteiger partial charge in [0, 0.05) is 28.4 Å². The summed E-state index contributed by atoms with van der Waals surface area (Å²) < 4.78 is 23.2. The second-order valence-corrected chi connectivity index (χ2v) is 11.3. The van der Waals surface area contributed by atoms with Crippen molar-refractivity contribution in [3.8, 4) is 34.1 Å². The topological polar surface area (TPSA) is 78.1 Å². The average molecular weight is 579 g/mol. The summed E-state index contributed by atoms with van der Waals surface area (Å²) in [5.41, 5.74) is 8.77. The number of para-hydroxylation sites is 2. The summed E-state index contributed by atoms with van der Waals surface area (Å²) in [6.07, 6.45) is 1.61. The van der Waals surface area contributed by atoms with E-state index < -0.39 is 6.09 Å². The van der Waals surface area contributed by atoms with Gasteiger partial charge in [0.1, 0.15) is 29.6 Å². The van der Waals surface area contributed by atoms with Crippen molar-refractivity contribution >= 4 is 23.0 Å². The lowest BCUT2D eigenvalue weighted by atomic mass is 9.85. The first-order valence-electron chi connectivity index (χ1n) is 14.2. The monoisotopic (exact) mass is 578 g/mol. The summed E-state index contributed by atoms with van der Waals surface area (Å²) >= 11 is 0. The number of ether oxygens (including phenoxy) is 4. The van der Waals surface area contributed by atoms with Gasteiger partial charge in [-0.05, 0) is 93.3 Å². The molecule has 0 unspecified atom stereocenters. The molecule has 5 rings (SSSR count). The molecule has 0 radical (unpaired) electrons. The molecule has 4 aromatic carbocycles. The second-order valence-electron chi connectivity index (χ2n) is 11.3. The normalized spacial score (nSPS) is 13.2. The Bertz CT molecular complexity index is 1710. The molecular weight excluding hydrogens is 540 g/mol. The van der Waals surface area contributed by atoms with Gasteiger partial charge in [-0.3, -0.25) is 5.32 Å². The maximum Gasteiger partial charge on any atom is 0.417 e. The Morgan fingerprint density at radius 3 is 2.35 bits per heavy atom. The first kappa shape index (κ1) is 29.6. The first-order valence-corrected chi connectivity index (χ1v) is 14.2. The van der Waals surface area contributed by atoms with Gasteiger partial charge in [-0.15, -0.1) is 0 Å². The molecule has 222 valence electrons. The maximum atomic E-state index is 12.7. The molecule has 0 aromatic heterocycles. The van der Waals surface area contributed by atoms with Gasteiger partial charge in [0.2, 0.25) is 0 Å². The lowest BCUT2D eigenvalue weighted by molar-refractivity contribution is 0.215. The number of carbonyl (C=O) groups excluding carboxylic acids is 1. The summed E-state index contributed by atoms with van der Waals surface area (Å²) in [5, 5.41) is 6.39. The van der Waals surface area contributed by atoms with Crippen LogP contribution in [0.4, 0.5) is 16.2 Å². The van der Waals surface area contributed by atoms with E-state index in [1.807, 2.05) is 18.2 Å². The third-order valence-corrected chi connectivity index (χ3v) is 7.47. The van der Waals surface area contributed by atoms with E-state index in [2.05, 4.69) is 81.7 Å². The zero-order chi connectivity index (χ0) is 30.7. The molecule has 1 heterocycles. The minimum Gasteiger partial charge on any atom is -0.496 e. The maximum absolute atomic E-state index is 12.7. The van der Waals surface area contributed by atoms with Gasteiger partial charge in [0.25, 0.3) is 0 Å². The SMILES string of the molecule is COc1ccccc1NC(=O)Oc1ccc(-c2ccc3c(c2COc2cc(C)ccc2C)C(C)=CC(C)(C)N3)c(OC)c1. The molecule has 1 amide bonds. The van der Waals surface area contributed by atoms with Gasteiger partial charge >= 0.3 is 6.09 Å². The van der Waals surface area contributed by atoms with E-state index in [9.17, 15) is 4.79 Å². The number of hydrogen-bond donors (Lipinski definition) is 2. The Morgan fingerprint density at radius 2 is 1.58 bits per heavy atom. The van der Waals surface area contributed by atoms with Crippen LogP contribution in [0.5, 0.6) is 23.0 Å². The van der Waals surface area contributed by atoms with Crippen molar-refractivity contribution in [2.45, 2.75) is 46.8 Å². The predicted octanol–water partition coefficient (Wildman–Crippen LogP) is 8.78. The minimum absolute atomic E-state index is 0.176. The Morgan fingerprint density at radius 1 is 0.837 bits per heavy atom. The van der Waals surface area contributed by atoms with E-state index in [0.717, 1.165) is 44.8 Å². The van der Waals surface area contributed by atoms with E-state index >= 15 is 0 Å². The molecule has 7 heteroatoms. The number of benzene rings is 4. The van der Waals surface area contributed by atoms with E-state index in [1.165, 1.54) is 5.57 Å². The Kier molecular flexibility index (Phi) is 8.35. The van der Waals surface area contributed by atoms with Crippen LogP contribution in [-0.2, 0) is 6.61 Å². The molecule has 0 spiro atoms. The second kappa shape index (κ2) is 12.1. The molecule has 4 aromatic rings. The zero-order valence-corrected chi connectivity index (χ0v) is 25.8. The Labute approximate surface area is 253 Å². The van der Waals surface area contributed by atoms with Crippen molar-refractivity contribution in [2.75, 3.05) is 24.9 Å². The molecule has 43 heavy (non-hydrogen) atoms. The van der Waals surface area contributed by atoms with Crippen LogP contribution in [0.15, 0.2) is 78.9 Å². The van der Waals surface area contributed by atoms with Crippen molar-refractivity contribution in [3.05, 3.63) is 101 Å². The van der Waals surface area contributed by atoms with E-state index in [4.69, 9.17) is 18.9 Å². The van der Waals surface area contributed by atoms with Crippen LogP contribution in [0.1, 0.15) is 43.0 Å². The summed E-state index contributed by atoms with van der Waals surface area (Å²) in [5.74, 6) is 2.31. The number of allylic oxidation sites excluding steroid dienone is 1. The molecule has 2 N–H and O–H groups in total. The van der Waals surface area contributed by atoms with E-state index in [1.54, 1.807) is 38.5 Å². The van der Waals surface area contributed by atoms with Crippen molar-refractivity contribution in [3.63, 3.8) is 0 Å². The number of hydrogen-bond acceptors (Lipinski definition) is 6. The molecular formula is C36H38N2O5. The molecule has 0 bridgehead atoms. The van der Waals surface area contributed by atoms with Gasteiger partial charge in [0.15, 0.2) is 0 Å². The fraction of sp³-hybridized carbons (Fsp3) is 0.250. The van der Waals surface area contributed by atoms with Crippen molar-refractivity contribution < 1.29 is 23.7 Å². The molecule has 0 fully saturated rings. The number of fused-ring (bicyclic) bond motifs is 1. The lowest BCUT2D eigenvalue weighted by Gasteiger charge is -2.33. The largest absolute Gasteiger partial charge is 0.496 e. The quantitative estimate of drug-likeness (QED) is 0.218. The van der Waals surface area contributed by atoms with Crippen LogP contribution in [-0.4, -0.2) is 25.9 Å². The van der Waals surface area contributed by atoms with Crippen molar-refractivity contribution in [2.24, 2.45) is 0 Å². The summed E-state index contributed by atoms with van der Waals surface area (Å²) in [4.78, 5) is 12.7. The van der Waals surface area contributed by atoms with Crippen LogP contribution >= 0.6 is 0 Å². The summed E-state index contributed by atoms with van der Waals surface area (Å²) in [6, 6.07) is 23.0. The molecule has 0 aliphatic carbocycles. The van der Waals surface area contributed by atoms with Crippen LogP contribution in [0.3, 0.4) is 0 Å². The number of anilines is 2. The van der Waals surface area contributed by atoms with Crippen molar-refractivity contribution in [1.29, 1.82) is 0 Å². The number of carbonyl (C=O) groups is 1. The third-order valence-electron chi connectivity index (χ3n) is 7.47. The van der Waals surface area contributed by atoms with Gasteiger partial charge in [-0.25, -0.2) is 4.79 Å². The third kappa shape index (κ3) is 6.46. The molecule has 1 aliphatic rings. The summed E-state index contributed by atoms with van der Waals surface area (Å²) in [6.45, 7) is 10.9. The highest BCUT2D eigenvalue weighted by atomic mass is 16.6. The molecule has 1 aliphatic heterocycles. The van der Waals surface area contributed by atoms with E-state index in [0.29, 0.717) is 29.5 Å². The highest BCUT2D eigenvalue weighted by Gasteiger charge is 2.27. The van der Waals surface area contributed by atoms with Crippen LogP contribution in [0.25, 0.3) is 16.7 Å². The number of methoxy groups -OCH3 is 2. The predicted molar refractivity (Wildman–Crippen MR) is 173 cm³/mol. The Hall–Kier alpha value is -4.91. The van der Waals surface area contributed by atoms with Crippen LogP contribution in [0, 0.1) is 13.8 Å². The van der Waals surface area contributed by atoms with Gasteiger partial charge < -0.3 is 24.3 Å². The molecule has 0 saturated heterocycles. The van der Waals surface area contributed by atoms with Crippen molar-refractivity contribution in [1.82, 2.24) is 0 Å². The smallest absolute Gasteiger partial charge is 0.417 e. The fourth-order valence-electron chi connectivity index (χ4n) is 5.56. The number of nitrogens with one attached hydrogen (secondary N) is 2. The fourth-order valence-corrected chi connectivity index (χ4v) is 5.56. The van der Waals surface area contributed by atoms with E-state index in [-0.39, 0.29) is 5.54 Å². The summed E-state index contributed by atoms with van der Waals surface area (Å²) in [7, 11) is 3.16. The highest BCUT2D eigenvalue weighted by Crippen LogP contribution is 2.43. The highest BCUT2D eigenvalue weighted by molar-refractivity contribution is 5.90. The lowest BCUT2D eigenvalue weighted by Crippen LogP contribution is -2.32. The standard InChI is InChI=1S/C36H38N2O5/c1-22-12-13-23(2)32(18-22)42-21-28-26(16-17-30-34(28)24(3)20-36(4,5)38-30)27-15-14-25(19-33(27)41-7)43-35(39)37-29-10-8-9-11-31(29)40-6/h8-20,38H,21H2,1-7H3,(H,37,39). The Balaban J connectivity index is 1.51. The first-order chi connectivity index (χ1) is 20.6. The van der Waals surface area contributed by atoms with Gasteiger partial charge in [0.05, 0.1) is 25.4 Å². The van der Waals surface area contributed by atoms with Crippen LogP contribution in [0.2, 0.25) is 0 Å². The molecule has 0 saturated carbocycles. The van der Waals surface area contributed by atoms with Gasteiger partial charge in [-0.1, -0.05) is 36.4 Å². The zero-order valence-electron chi connectivity index (χ0n) is 25.8. The molecule has 7 nitrogen and oxygen atoms in total. The van der Waals surface area contributed by atoms with Crippen LogP contribution < -0.4 is 29.6 Å². The molecule has 0 atom stereocenters.